The number of nitrogens with zero attached hydrogens (tertiary/aromatic N) is 1. The topological polar surface area (TPSA) is 44.0 Å². The Morgan fingerprint density at radius 2 is 2.27 bits per heavy atom. The van der Waals surface area contributed by atoms with Gasteiger partial charge in [-0.15, -0.1) is 6.58 Å². The Bertz CT molecular complexity index is 277. The number of hydrogen-bond donors (Lipinski definition) is 1. The maximum Gasteiger partial charge on any atom is 0.0693 e. The van der Waals surface area contributed by atoms with Gasteiger partial charge in [-0.25, -0.2) is 0 Å². The van der Waals surface area contributed by atoms with Gasteiger partial charge < -0.3 is 5.11 Å². The Morgan fingerprint density at radius 1 is 1.60 bits per heavy atom. The molecule has 0 radical (unpaired) electrons. The van der Waals surface area contributed by atoms with E-state index in [-0.39, 0.29) is 11.3 Å². The summed E-state index contributed by atoms with van der Waals surface area (Å²) in [6, 6.07) is 2.45. The maximum absolute atomic E-state index is 10.2. The monoisotopic (exact) mass is 207 g/mol. The van der Waals surface area contributed by atoms with Crippen LogP contribution in [-0.2, 0) is 0 Å². The van der Waals surface area contributed by atoms with Gasteiger partial charge in [-0.05, 0) is 39.0 Å². The van der Waals surface area contributed by atoms with Crippen molar-refractivity contribution in [3.05, 3.63) is 12.7 Å². The van der Waals surface area contributed by atoms with Crippen molar-refractivity contribution in [2.24, 2.45) is 11.3 Å². The van der Waals surface area contributed by atoms with Crippen molar-refractivity contribution in [2.75, 3.05) is 0 Å². The molecule has 1 aliphatic carbocycles. The van der Waals surface area contributed by atoms with Gasteiger partial charge in [-0.2, -0.15) is 5.26 Å². The standard InChI is InChI=1S/C13H21NO/c1-4-5-8-13(10-14)9-6-7-12(3,15)11(13)2/h4,11,15H,1,5-9H2,2-3H3/t11-,12-,13+/m0/s1. The van der Waals surface area contributed by atoms with Gasteiger partial charge in [0.05, 0.1) is 17.1 Å². The molecule has 3 atom stereocenters. The fourth-order valence-corrected chi connectivity index (χ4v) is 2.70. The first-order chi connectivity index (χ1) is 6.98. The van der Waals surface area contributed by atoms with E-state index in [4.69, 9.17) is 0 Å². The van der Waals surface area contributed by atoms with E-state index < -0.39 is 5.60 Å². The summed E-state index contributed by atoms with van der Waals surface area (Å²) in [6.07, 6.45) is 6.20. The average Bonchev–Trinajstić information content (AvgIpc) is 2.21. The van der Waals surface area contributed by atoms with Crippen LogP contribution < -0.4 is 0 Å². The Kier molecular flexibility index (Phi) is 3.57. The summed E-state index contributed by atoms with van der Waals surface area (Å²) in [4.78, 5) is 0. The van der Waals surface area contributed by atoms with Crippen LogP contribution in [0.5, 0.6) is 0 Å². The van der Waals surface area contributed by atoms with Gasteiger partial charge in [0.1, 0.15) is 0 Å². The molecular weight excluding hydrogens is 186 g/mol. The zero-order valence-electron chi connectivity index (χ0n) is 9.79. The Balaban J connectivity index is 2.88. The molecule has 0 aromatic carbocycles. The zero-order chi connectivity index (χ0) is 11.5. The molecule has 2 nitrogen and oxygen atoms in total. The SMILES string of the molecule is C=CCC[C@]1(C#N)CCC[C@](C)(O)[C@@H]1C. The minimum Gasteiger partial charge on any atom is -0.390 e. The summed E-state index contributed by atoms with van der Waals surface area (Å²) < 4.78 is 0. The Morgan fingerprint density at radius 3 is 2.80 bits per heavy atom. The highest BCUT2D eigenvalue weighted by atomic mass is 16.3. The molecule has 0 unspecified atom stereocenters. The summed E-state index contributed by atoms with van der Waals surface area (Å²) in [5, 5.41) is 19.6. The van der Waals surface area contributed by atoms with Crippen LogP contribution in [0.15, 0.2) is 12.7 Å². The number of rotatable bonds is 3. The number of hydrogen-bond acceptors (Lipinski definition) is 2. The van der Waals surface area contributed by atoms with Crippen LogP contribution in [0.1, 0.15) is 46.0 Å². The summed E-state index contributed by atoms with van der Waals surface area (Å²) >= 11 is 0. The molecule has 0 bridgehead atoms. The van der Waals surface area contributed by atoms with E-state index in [0.29, 0.717) is 0 Å². The summed E-state index contributed by atoms with van der Waals surface area (Å²) in [6.45, 7) is 7.56. The van der Waals surface area contributed by atoms with Crippen molar-refractivity contribution in [3.8, 4) is 6.07 Å². The lowest BCUT2D eigenvalue weighted by molar-refractivity contribution is -0.0753. The highest BCUT2D eigenvalue weighted by Crippen LogP contribution is 2.48. The maximum atomic E-state index is 10.2. The highest BCUT2D eigenvalue weighted by molar-refractivity contribution is 5.09. The predicted octanol–water partition coefficient (Wildman–Crippen LogP) is 3.03. The summed E-state index contributed by atoms with van der Waals surface area (Å²) in [5.74, 6) is 0.0451. The van der Waals surface area contributed by atoms with Gasteiger partial charge in [-0.1, -0.05) is 13.0 Å². The van der Waals surface area contributed by atoms with Crippen molar-refractivity contribution in [1.82, 2.24) is 0 Å². The van der Waals surface area contributed by atoms with Crippen LogP contribution in [0.3, 0.4) is 0 Å². The predicted molar refractivity (Wildman–Crippen MR) is 61.1 cm³/mol. The second kappa shape index (κ2) is 4.37. The zero-order valence-corrected chi connectivity index (χ0v) is 9.79. The second-order valence-corrected chi connectivity index (χ2v) is 5.03. The van der Waals surface area contributed by atoms with E-state index >= 15 is 0 Å². The molecule has 0 amide bonds. The molecule has 0 aromatic heterocycles. The van der Waals surface area contributed by atoms with Crippen LogP contribution in [0.4, 0.5) is 0 Å². The second-order valence-electron chi connectivity index (χ2n) is 5.03. The van der Waals surface area contributed by atoms with Crippen LogP contribution in [0.2, 0.25) is 0 Å². The fraction of sp³-hybridized carbons (Fsp3) is 0.769. The number of nitriles is 1. The minimum absolute atomic E-state index is 0.0451. The summed E-state index contributed by atoms with van der Waals surface area (Å²) in [7, 11) is 0. The molecule has 1 N–H and O–H groups in total. The molecule has 2 heteroatoms. The molecule has 15 heavy (non-hydrogen) atoms. The van der Waals surface area contributed by atoms with E-state index in [2.05, 4.69) is 12.6 Å². The molecule has 1 saturated carbocycles. The van der Waals surface area contributed by atoms with E-state index in [1.807, 2.05) is 19.9 Å². The van der Waals surface area contributed by atoms with Gasteiger partial charge in [0.15, 0.2) is 0 Å². The lowest BCUT2D eigenvalue weighted by Crippen LogP contribution is -2.47. The third-order valence-electron chi connectivity index (χ3n) is 4.08. The normalized spacial score (nSPS) is 40.8. The molecule has 0 spiro atoms. The summed E-state index contributed by atoms with van der Waals surface area (Å²) in [5.41, 5.74) is -1.04. The minimum atomic E-state index is -0.685. The first kappa shape index (κ1) is 12.3. The van der Waals surface area contributed by atoms with E-state index in [0.717, 1.165) is 32.1 Å². The largest absolute Gasteiger partial charge is 0.390 e. The molecule has 0 heterocycles. The van der Waals surface area contributed by atoms with Crippen molar-refractivity contribution < 1.29 is 5.11 Å². The van der Waals surface area contributed by atoms with Crippen molar-refractivity contribution in [2.45, 2.75) is 51.6 Å². The van der Waals surface area contributed by atoms with E-state index in [9.17, 15) is 10.4 Å². The van der Waals surface area contributed by atoms with Gasteiger partial charge in [0, 0.05) is 5.92 Å². The fourth-order valence-electron chi connectivity index (χ4n) is 2.70. The molecule has 84 valence electrons. The Hall–Kier alpha value is -0.810. The lowest BCUT2D eigenvalue weighted by atomic mass is 9.60. The van der Waals surface area contributed by atoms with Crippen LogP contribution in [0, 0.1) is 22.7 Å². The van der Waals surface area contributed by atoms with Gasteiger partial charge in [-0.3, -0.25) is 0 Å². The first-order valence-corrected chi connectivity index (χ1v) is 5.73. The van der Waals surface area contributed by atoms with Gasteiger partial charge in [0.2, 0.25) is 0 Å². The number of aliphatic hydroxyl groups is 1. The molecular formula is C13H21NO. The smallest absolute Gasteiger partial charge is 0.0693 e. The van der Waals surface area contributed by atoms with Crippen molar-refractivity contribution >= 4 is 0 Å². The van der Waals surface area contributed by atoms with Crippen LogP contribution in [0.25, 0.3) is 0 Å². The highest BCUT2D eigenvalue weighted by Gasteiger charge is 2.48. The van der Waals surface area contributed by atoms with Crippen LogP contribution >= 0.6 is 0 Å². The Labute approximate surface area is 92.6 Å². The molecule has 1 rings (SSSR count). The quantitative estimate of drug-likeness (QED) is 0.723. The first-order valence-electron chi connectivity index (χ1n) is 5.73. The van der Waals surface area contributed by atoms with Crippen LogP contribution in [-0.4, -0.2) is 10.7 Å². The number of allylic oxidation sites excluding steroid dienone is 1. The molecule has 1 aliphatic rings. The van der Waals surface area contributed by atoms with E-state index in [1.165, 1.54) is 0 Å². The lowest BCUT2D eigenvalue weighted by Gasteiger charge is -2.46. The molecule has 1 fully saturated rings. The van der Waals surface area contributed by atoms with Gasteiger partial charge in [0.25, 0.3) is 0 Å². The van der Waals surface area contributed by atoms with E-state index in [1.54, 1.807) is 0 Å². The average molecular weight is 207 g/mol. The molecule has 0 aliphatic heterocycles. The third kappa shape index (κ3) is 2.23. The molecule has 0 saturated heterocycles. The van der Waals surface area contributed by atoms with Gasteiger partial charge >= 0.3 is 0 Å². The van der Waals surface area contributed by atoms with Crippen molar-refractivity contribution in [1.29, 1.82) is 5.26 Å². The third-order valence-corrected chi connectivity index (χ3v) is 4.08. The molecule has 0 aromatic rings. The van der Waals surface area contributed by atoms with Crippen molar-refractivity contribution in [3.63, 3.8) is 0 Å².